The van der Waals surface area contributed by atoms with Gasteiger partial charge in [-0.3, -0.25) is 20.0 Å². The maximum Gasteiger partial charge on any atom is 0.240 e. The second-order valence-electron chi connectivity index (χ2n) is 6.95. The maximum absolute atomic E-state index is 12.8. The Hall–Kier alpha value is -1.11. The Labute approximate surface area is 155 Å². The second-order valence-corrected chi connectivity index (χ2v) is 8.08. The van der Waals surface area contributed by atoms with Crippen LogP contribution < -0.4 is 5.32 Å². The van der Waals surface area contributed by atoms with Crippen molar-refractivity contribution >= 4 is 17.7 Å². The molecule has 3 rings (SSSR count). The SMILES string of the molecule is CCCCCCN1CCN(C(=O)[C@@H]2CSC(c3cccnc3)N2)CC1. The molecular weight excluding hydrogens is 332 g/mol. The number of unbranched alkanes of at least 4 members (excludes halogenated alkanes) is 3. The molecule has 1 aromatic rings. The molecule has 2 aliphatic heterocycles. The fourth-order valence-electron chi connectivity index (χ4n) is 3.51. The number of nitrogens with zero attached hydrogens (tertiary/aromatic N) is 3. The lowest BCUT2D eigenvalue weighted by molar-refractivity contribution is -0.134. The zero-order valence-electron chi connectivity index (χ0n) is 15.2. The molecule has 3 heterocycles. The molecule has 1 N–H and O–H groups in total. The molecule has 1 aromatic heterocycles. The molecular formula is C19H30N4OS. The van der Waals surface area contributed by atoms with E-state index in [9.17, 15) is 4.79 Å². The molecule has 2 atom stereocenters. The Bertz CT molecular complexity index is 533. The number of hydrogen-bond acceptors (Lipinski definition) is 5. The summed E-state index contributed by atoms with van der Waals surface area (Å²) in [7, 11) is 0. The van der Waals surface area contributed by atoms with E-state index in [0.717, 1.165) is 37.5 Å². The summed E-state index contributed by atoms with van der Waals surface area (Å²) in [6.07, 6.45) is 8.91. The van der Waals surface area contributed by atoms with Crippen LogP contribution in [0.4, 0.5) is 0 Å². The van der Waals surface area contributed by atoms with E-state index in [4.69, 9.17) is 0 Å². The van der Waals surface area contributed by atoms with Gasteiger partial charge in [-0.15, -0.1) is 11.8 Å². The smallest absolute Gasteiger partial charge is 0.240 e. The van der Waals surface area contributed by atoms with Crippen LogP contribution >= 0.6 is 11.8 Å². The van der Waals surface area contributed by atoms with Gasteiger partial charge in [0.2, 0.25) is 5.91 Å². The van der Waals surface area contributed by atoms with Crippen LogP contribution in [0.25, 0.3) is 0 Å². The van der Waals surface area contributed by atoms with Crippen molar-refractivity contribution < 1.29 is 4.79 Å². The maximum atomic E-state index is 12.8. The molecule has 1 amide bonds. The lowest BCUT2D eigenvalue weighted by atomic mass is 10.2. The van der Waals surface area contributed by atoms with Gasteiger partial charge in [0.25, 0.3) is 0 Å². The third kappa shape index (κ3) is 5.19. The van der Waals surface area contributed by atoms with Crippen LogP contribution in [0.1, 0.15) is 43.5 Å². The number of carbonyl (C=O) groups excluding carboxylic acids is 1. The van der Waals surface area contributed by atoms with Crippen molar-refractivity contribution in [3.05, 3.63) is 30.1 Å². The fraction of sp³-hybridized carbons (Fsp3) is 0.684. The zero-order valence-corrected chi connectivity index (χ0v) is 16.0. The summed E-state index contributed by atoms with van der Waals surface area (Å²) in [5, 5.41) is 3.66. The van der Waals surface area contributed by atoms with E-state index in [-0.39, 0.29) is 17.3 Å². The van der Waals surface area contributed by atoms with Gasteiger partial charge in [0.1, 0.15) is 0 Å². The highest BCUT2D eigenvalue weighted by Gasteiger charge is 2.34. The van der Waals surface area contributed by atoms with E-state index in [1.165, 1.54) is 32.2 Å². The number of aromatic nitrogens is 1. The predicted molar refractivity (Wildman–Crippen MR) is 104 cm³/mol. The zero-order chi connectivity index (χ0) is 17.5. The van der Waals surface area contributed by atoms with Crippen molar-refractivity contribution in [3.8, 4) is 0 Å². The van der Waals surface area contributed by atoms with Gasteiger partial charge in [-0.25, -0.2) is 0 Å². The van der Waals surface area contributed by atoms with Crippen molar-refractivity contribution in [2.45, 2.75) is 44.0 Å². The molecule has 138 valence electrons. The van der Waals surface area contributed by atoms with Crippen LogP contribution in [0.15, 0.2) is 24.5 Å². The minimum atomic E-state index is -0.0636. The molecule has 0 spiro atoms. The summed E-state index contributed by atoms with van der Waals surface area (Å²) in [6.45, 7) is 7.20. The van der Waals surface area contributed by atoms with Crippen LogP contribution in [0.5, 0.6) is 0 Å². The summed E-state index contributed by atoms with van der Waals surface area (Å²) in [5.74, 6) is 1.11. The van der Waals surface area contributed by atoms with E-state index >= 15 is 0 Å². The number of thioether (sulfide) groups is 1. The van der Waals surface area contributed by atoms with Crippen molar-refractivity contribution in [2.24, 2.45) is 0 Å². The highest BCUT2D eigenvalue weighted by Crippen LogP contribution is 2.32. The van der Waals surface area contributed by atoms with Gasteiger partial charge < -0.3 is 4.90 Å². The van der Waals surface area contributed by atoms with Crippen molar-refractivity contribution in [3.63, 3.8) is 0 Å². The molecule has 0 radical (unpaired) electrons. The predicted octanol–water partition coefficient (Wildman–Crippen LogP) is 2.51. The van der Waals surface area contributed by atoms with E-state index in [1.54, 1.807) is 18.0 Å². The average molecular weight is 363 g/mol. The van der Waals surface area contributed by atoms with Crippen LogP contribution in [-0.2, 0) is 4.79 Å². The summed E-state index contributed by atoms with van der Waals surface area (Å²) in [6, 6.07) is 3.96. The summed E-state index contributed by atoms with van der Waals surface area (Å²) < 4.78 is 0. The second kappa shape index (κ2) is 9.55. The molecule has 0 aromatic carbocycles. The first-order valence-corrected chi connectivity index (χ1v) is 10.6. The van der Waals surface area contributed by atoms with E-state index < -0.39 is 0 Å². The Morgan fingerprint density at radius 1 is 1.28 bits per heavy atom. The number of pyridine rings is 1. The number of amides is 1. The van der Waals surface area contributed by atoms with Gasteiger partial charge in [0.05, 0.1) is 11.4 Å². The molecule has 0 saturated carbocycles. The topological polar surface area (TPSA) is 48.5 Å². The van der Waals surface area contributed by atoms with Crippen molar-refractivity contribution in [2.75, 3.05) is 38.5 Å². The first-order chi connectivity index (χ1) is 12.3. The van der Waals surface area contributed by atoms with Gasteiger partial charge in [-0.2, -0.15) is 0 Å². The number of piperazine rings is 1. The average Bonchev–Trinajstić information content (AvgIpc) is 3.16. The van der Waals surface area contributed by atoms with E-state index in [0.29, 0.717) is 0 Å². The molecule has 2 aliphatic rings. The van der Waals surface area contributed by atoms with Crippen LogP contribution in [0.3, 0.4) is 0 Å². The Balaban J connectivity index is 1.41. The van der Waals surface area contributed by atoms with E-state index in [2.05, 4.69) is 28.2 Å². The minimum Gasteiger partial charge on any atom is -0.339 e. The van der Waals surface area contributed by atoms with Crippen molar-refractivity contribution in [1.82, 2.24) is 20.1 Å². The fourth-order valence-corrected chi connectivity index (χ4v) is 4.73. The Morgan fingerprint density at radius 2 is 2.12 bits per heavy atom. The summed E-state index contributed by atoms with van der Waals surface area (Å²) >= 11 is 1.80. The third-order valence-corrected chi connectivity index (χ3v) is 6.35. The van der Waals surface area contributed by atoms with Crippen molar-refractivity contribution in [1.29, 1.82) is 0 Å². The lowest BCUT2D eigenvalue weighted by Gasteiger charge is -2.36. The standard InChI is InChI=1S/C19H30N4OS/c1-2-3-4-5-9-22-10-12-23(13-11-22)19(24)17-15-25-18(21-17)16-7-6-8-20-14-16/h6-8,14,17-18,21H,2-5,9-13,15H2,1H3/t17-,18?/m0/s1. The number of hydrogen-bond donors (Lipinski definition) is 1. The normalized spacial score (nSPS) is 24.6. The van der Waals surface area contributed by atoms with Gasteiger partial charge in [-0.05, 0) is 24.6 Å². The lowest BCUT2D eigenvalue weighted by Crippen LogP contribution is -2.53. The quantitative estimate of drug-likeness (QED) is 0.755. The third-order valence-electron chi connectivity index (χ3n) is 5.08. The molecule has 0 bridgehead atoms. The molecule has 1 unspecified atom stereocenters. The molecule has 0 aliphatic carbocycles. The molecule has 2 saturated heterocycles. The van der Waals surface area contributed by atoms with Gasteiger partial charge in [-0.1, -0.05) is 32.3 Å². The van der Waals surface area contributed by atoms with E-state index in [1.807, 2.05) is 17.2 Å². The molecule has 25 heavy (non-hydrogen) atoms. The molecule has 2 fully saturated rings. The number of rotatable bonds is 7. The first-order valence-electron chi connectivity index (χ1n) is 9.56. The number of carbonyl (C=O) groups is 1. The molecule has 6 heteroatoms. The minimum absolute atomic E-state index is 0.0636. The summed E-state index contributed by atoms with van der Waals surface area (Å²) in [4.78, 5) is 21.5. The Kier molecular flexibility index (Phi) is 7.13. The first kappa shape index (κ1) is 18.7. The van der Waals surface area contributed by atoms with Gasteiger partial charge in [0.15, 0.2) is 0 Å². The van der Waals surface area contributed by atoms with Gasteiger partial charge >= 0.3 is 0 Å². The monoisotopic (exact) mass is 362 g/mol. The largest absolute Gasteiger partial charge is 0.339 e. The van der Waals surface area contributed by atoms with Gasteiger partial charge in [0, 0.05) is 44.3 Å². The highest BCUT2D eigenvalue weighted by molar-refractivity contribution is 7.99. The highest BCUT2D eigenvalue weighted by atomic mass is 32.2. The van der Waals surface area contributed by atoms with Crippen LogP contribution in [0, 0.1) is 0 Å². The van der Waals surface area contributed by atoms with Crippen LogP contribution in [-0.4, -0.2) is 65.2 Å². The van der Waals surface area contributed by atoms with Crippen LogP contribution in [0.2, 0.25) is 0 Å². The molecule has 5 nitrogen and oxygen atoms in total. The summed E-state index contributed by atoms with van der Waals surface area (Å²) in [5.41, 5.74) is 1.15. The Morgan fingerprint density at radius 3 is 2.84 bits per heavy atom. The number of nitrogens with one attached hydrogen (secondary N) is 1.